The minimum absolute atomic E-state index is 0.0287. The van der Waals surface area contributed by atoms with Gasteiger partial charge in [-0.25, -0.2) is 9.37 Å². The Morgan fingerprint density at radius 1 is 1.35 bits per heavy atom. The normalized spacial score (nSPS) is 15.7. The molecule has 1 unspecified atom stereocenters. The molecule has 10 heteroatoms. The fourth-order valence-corrected chi connectivity index (χ4v) is 4.20. The van der Waals surface area contributed by atoms with Gasteiger partial charge in [-0.1, -0.05) is 23.2 Å². The van der Waals surface area contributed by atoms with E-state index in [9.17, 15) is 9.18 Å². The topological polar surface area (TPSA) is 99.6 Å². The van der Waals surface area contributed by atoms with E-state index in [-0.39, 0.29) is 44.7 Å². The number of aromatic nitrogens is 1. The maximum atomic E-state index is 13.9. The lowest BCUT2D eigenvalue weighted by atomic mass is 10.1. The minimum atomic E-state index is -0.769. The molecule has 2 aromatic heterocycles. The molecule has 3 N–H and O–H groups in total. The fourth-order valence-electron chi connectivity index (χ4n) is 3.53. The van der Waals surface area contributed by atoms with Gasteiger partial charge in [-0.3, -0.25) is 4.79 Å². The van der Waals surface area contributed by atoms with Crippen molar-refractivity contribution in [1.82, 2.24) is 10.3 Å². The number of fused-ring (bicyclic) bond motifs is 1. The van der Waals surface area contributed by atoms with Crippen molar-refractivity contribution < 1.29 is 23.1 Å². The van der Waals surface area contributed by atoms with Gasteiger partial charge >= 0.3 is 0 Å². The van der Waals surface area contributed by atoms with Gasteiger partial charge in [-0.15, -0.1) is 0 Å². The zero-order valence-corrected chi connectivity index (χ0v) is 18.1. The Bertz CT molecular complexity index is 1130. The van der Waals surface area contributed by atoms with Crippen LogP contribution in [0.15, 0.2) is 29.0 Å². The van der Waals surface area contributed by atoms with E-state index in [1.165, 1.54) is 24.6 Å². The van der Waals surface area contributed by atoms with E-state index < -0.39 is 11.9 Å². The predicted octanol–water partition coefficient (Wildman–Crippen LogP) is 4.90. The zero-order chi connectivity index (χ0) is 22.1. The average molecular weight is 468 g/mol. The predicted molar refractivity (Wildman–Crippen MR) is 115 cm³/mol. The van der Waals surface area contributed by atoms with E-state index in [0.717, 1.165) is 12.8 Å². The molecule has 31 heavy (non-hydrogen) atoms. The van der Waals surface area contributed by atoms with Crippen molar-refractivity contribution in [1.29, 1.82) is 0 Å². The van der Waals surface area contributed by atoms with Crippen molar-refractivity contribution in [2.75, 3.05) is 18.9 Å². The third-order valence-corrected chi connectivity index (χ3v) is 5.90. The van der Waals surface area contributed by atoms with Crippen molar-refractivity contribution in [2.45, 2.75) is 31.9 Å². The summed E-state index contributed by atoms with van der Waals surface area (Å²) < 4.78 is 30.8. The van der Waals surface area contributed by atoms with E-state index in [1.54, 1.807) is 6.92 Å². The van der Waals surface area contributed by atoms with Crippen LogP contribution in [0.1, 0.15) is 41.8 Å². The first-order valence-corrected chi connectivity index (χ1v) is 10.5. The number of nitrogens with two attached hydrogens (primary N) is 1. The summed E-state index contributed by atoms with van der Waals surface area (Å²) in [6, 6.07) is 2.60. The van der Waals surface area contributed by atoms with E-state index >= 15 is 0 Å². The lowest BCUT2D eigenvalue weighted by Gasteiger charge is -2.22. The smallest absolute Gasteiger partial charge is 0.255 e. The number of benzene rings is 1. The van der Waals surface area contributed by atoms with Gasteiger partial charge in [0.2, 0.25) is 5.75 Å². The lowest BCUT2D eigenvalue weighted by Crippen LogP contribution is -2.38. The highest BCUT2D eigenvalue weighted by Gasteiger charge is 2.25. The van der Waals surface area contributed by atoms with Crippen LogP contribution < -0.4 is 15.8 Å². The molecule has 164 valence electrons. The summed E-state index contributed by atoms with van der Waals surface area (Å²) in [5.41, 5.74) is 6.83. The molecule has 4 rings (SSSR count). The van der Waals surface area contributed by atoms with Crippen LogP contribution in [-0.4, -0.2) is 30.1 Å². The first kappa shape index (κ1) is 21.7. The number of nitrogens with one attached hydrogen (secondary N) is 1. The zero-order valence-electron chi connectivity index (χ0n) is 16.6. The molecule has 1 saturated heterocycles. The molecule has 1 aromatic carbocycles. The standard InChI is InChI=1S/C21H20Cl2FN3O4/c1-10(16-14(22)2-3-15(24)17(16)23)31-19-18-12(8-26-20(19)25)13(9-30-18)21(28)27-11-4-6-29-7-5-11/h2-3,8-11H,4-7H2,1H3,(H2,25,26)(H,27,28). The Kier molecular flexibility index (Phi) is 6.22. The van der Waals surface area contributed by atoms with E-state index in [2.05, 4.69) is 10.3 Å². The van der Waals surface area contributed by atoms with Gasteiger partial charge in [-0.05, 0) is 31.9 Å². The largest absolute Gasteiger partial charge is 0.478 e. The van der Waals surface area contributed by atoms with E-state index in [4.69, 9.17) is 42.8 Å². The van der Waals surface area contributed by atoms with Crippen molar-refractivity contribution in [3.63, 3.8) is 0 Å². The van der Waals surface area contributed by atoms with Gasteiger partial charge in [0.05, 0.1) is 16.0 Å². The molecular weight excluding hydrogens is 448 g/mol. The second kappa shape index (κ2) is 8.90. The monoisotopic (exact) mass is 467 g/mol. The van der Waals surface area contributed by atoms with E-state index in [1.807, 2.05) is 0 Å². The Morgan fingerprint density at radius 2 is 2.10 bits per heavy atom. The highest BCUT2D eigenvalue weighted by atomic mass is 35.5. The molecule has 1 aliphatic rings. The van der Waals surface area contributed by atoms with Gasteiger partial charge in [-0.2, -0.15) is 0 Å². The van der Waals surface area contributed by atoms with Gasteiger partial charge in [0.15, 0.2) is 11.4 Å². The number of hydrogen-bond donors (Lipinski definition) is 2. The number of nitrogen functional groups attached to an aromatic ring is 1. The molecule has 0 bridgehead atoms. The number of carbonyl (C=O) groups is 1. The summed E-state index contributed by atoms with van der Waals surface area (Å²) in [6.07, 6.45) is 3.50. The number of rotatable bonds is 5. The third-order valence-electron chi connectivity index (χ3n) is 5.18. The van der Waals surface area contributed by atoms with Crippen LogP contribution in [0.25, 0.3) is 11.0 Å². The highest BCUT2D eigenvalue weighted by molar-refractivity contribution is 6.36. The molecule has 1 aliphatic heterocycles. The highest BCUT2D eigenvalue weighted by Crippen LogP contribution is 2.39. The maximum absolute atomic E-state index is 13.9. The lowest BCUT2D eigenvalue weighted by molar-refractivity contribution is 0.0697. The van der Waals surface area contributed by atoms with Crippen LogP contribution in [0.5, 0.6) is 5.75 Å². The second-order valence-corrected chi connectivity index (χ2v) is 8.03. The van der Waals surface area contributed by atoms with Crippen molar-refractivity contribution in [3.8, 4) is 5.75 Å². The number of amides is 1. The van der Waals surface area contributed by atoms with Crippen LogP contribution >= 0.6 is 23.2 Å². The summed E-state index contributed by atoms with van der Waals surface area (Å²) >= 11 is 12.3. The Labute approximate surface area is 187 Å². The quantitative estimate of drug-likeness (QED) is 0.517. The SMILES string of the molecule is CC(Oc1c(N)ncc2c(C(=O)NC3CCOCC3)coc12)c1c(Cl)ccc(F)c1Cl. The molecule has 0 saturated carbocycles. The van der Waals surface area contributed by atoms with Crippen LogP contribution in [-0.2, 0) is 4.74 Å². The van der Waals surface area contributed by atoms with Gasteiger partial charge < -0.3 is 24.9 Å². The number of carbonyl (C=O) groups excluding carboxylic acids is 1. The summed E-state index contributed by atoms with van der Waals surface area (Å²) in [7, 11) is 0. The fraction of sp³-hybridized carbons (Fsp3) is 0.333. The number of anilines is 1. The molecule has 3 aromatic rings. The van der Waals surface area contributed by atoms with Crippen LogP contribution in [0.3, 0.4) is 0 Å². The van der Waals surface area contributed by atoms with Crippen LogP contribution in [0.2, 0.25) is 10.0 Å². The van der Waals surface area contributed by atoms with Gasteiger partial charge in [0.25, 0.3) is 5.91 Å². The second-order valence-electron chi connectivity index (χ2n) is 7.24. The van der Waals surface area contributed by atoms with Crippen LogP contribution in [0, 0.1) is 5.82 Å². The van der Waals surface area contributed by atoms with Crippen molar-refractivity contribution in [3.05, 3.63) is 51.6 Å². The molecule has 1 fully saturated rings. The van der Waals surface area contributed by atoms with Crippen LogP contribution in [0.4, 0.5) is 10.2 Å². The van der Waals surface area contributed by atoms with E-state index in [0.29, 0.717) is 24.2 Å². The number of pyridine rings is 1. The molecule has 0 spiro atoms. The number of furan rings is 1. The molecular formula is C21H20Cl2FN3O4. The van der Waals surface area contributed by atoms with Gasteiger partial charge in [0.1, 0.15) is 18.2 Å². The molecule has 0 aliphatic carbocycles. The summed E-state index contributed by atoms with van der Waals surface area (Å²) in [5, 5.41) is 3.52. The van der Waals surface area contributed by atoms with Crippen molar-refractivity contribution >= 4 is 45.9 Å². The summed E-state index contributed by atoms with van der Waals surface area (Å²) in [5.74, 6) is -0.737. The van der Waals surface area contributed by atoms with Crippen molar-refractivity contribution in [2.24, 2.45) is 0 Å². The molecule has 1 atom stereocenters. The average Bonchev–Trinajstić information content (AvgIpc) is 3.18. The maximum Gasteiger partial charge on any atom is 0.255 e. The number of ether oxygens (including phenoxy) is 2. The number of hydrogen-bond acceptors (Lipinski definition) is 6. The Morgan fingerprint density at radius 3 is 2.84 bits per heavy atom. The Balaban J connectivity index is 1.64. The first-order chi connectivity index (χ1) is 14.9. The molecule has 7 nitrogen and oxygen atoms in total. The molecule has 3 heterocycles. The molecule has 0 radical (unpaired) electrons. The number of halogens is 3. The summed E-state index contributed by atoms with van der Waals surface area (Å²) in [6.45, 7) is 2.86. The number of nitrogens with zero attached hydrogens (tertiary/aromatic N) is 1. The third kappa shape index (κ3) is 4.28. The molecule has 1 amide bonds. The first-order valence-electron chi connectivity index (χ1n) is 9.71. The summed E-state index contributed by atoms with van der Waals surface area (Å²) in [4.78, 5) is 16.9. The van der Waals surface area contributed by atoms with Gasteiger partial charge in [0, 0.05) is 36.0 Å². The minimum Gasteiger partial charge on any atom is -0.478 e. The Hall–Kier alpha value is -2.55.